The molecule has 0 aromatic carbocycles. The number of likely N-dealkylation sites (tertiary alicyclic amines) is 1. The van der Waals surface area contributed by atoms with E-state index in [1.807, 2.05) is 6.08 Å². The average molecular weight is 150 g/mol. The minimum Gasteiger partial charge on any atom is -0.296 e. The highest BCUT2D eigenvalue weighted by atomic mass is 15.2. The van der Waals surface area contributed by atoms with Crippen LogP contribution < -0.4 is 0 Å². The van der Waals surface area contributed by atoms with Gasteiger partial charge in [-0.15, -0.1) is 6.58 Å². The number of nitrogens with zero attached hydrogens (tertiary/aromatic N) is 2. The van der Waals surface area contributed by atoms with Crippen LogP contribution in [0, 0.1) is 11.3 Å². The third-order valence-corrected chi connectivity index (χ3v) is 2.19. The second kappa shape index (κ2) is 4.15. The molecular weight excluding hydrogens is 136 g/mol. The second-order valence-corrected chi connectivity index (χ2v) is 2.94. The molecule has 0 spiro atoms. The zero-order valence-corrected chi connectivity index (χ0v) is 6.79. The van der Waals surface area contributed by atoms with Crippen molar-refractivity contribution < 1.29 is 0 Å². The normalized spacial score (nSPS) is 24.8. The van der Waals surface area contributed by atoms with Crippen LogP contribution in [-0.4, -0.2) is 24.0 Å². The summed E-state index contributed by atoms with van der Waals surface area (Å²) < 4.78 is 0. The lowest BCUT2D eigenvalue weighted by molar-refractivity contribution is 0.284. The predicted octanol–water partition coefficient (Wildman–Crippen LogP) is 1.55. The van der Waals surface area contributed by atoms with Crippen LogP contribution in [0.2, 0.25) is 0 Å². The van der Waals surface area contributed by atoms with E-state index in [1.165, 1.54) is 12.8 Å². The van der Waals surface area contributed by atoms with Gasteiger partial charge in [0.1, 0.15) is 0 Å². The summed E-state index contributed by atoms with van der Waals surface area (Å²) in [6, 6.07) is 2.72. The smallest absolute Gasteiger partial charge is 0.0638 e. The van der Waals surface area contributed by atoms with Gasteiger partial charge in [0.25, 0.3) is 0 Å². The Morgan fingerprint density at radius 3 is 3.18 bits per heavy atom. The Kier molecular flexibility index (Phi) is 3.13. The zero-order valence-electron chi connectivity index (χ0n) is 6.79. The highest BCUT2D eigenvalue weighted by Crippen LogP contribution is 2.18. The quantitative estimate of drug-likeness (QED) is 0.571. The Bertz CT molecular complexity index is 169. The van der Waals surface area contributed by atoms with Gasteiger partial charge in [-0.2, -0.15) is 5.26 Å². The van der Waals surface area contributed by atoms with Crippen LogP contribution >= 0.6 is 0 Å². The molecule has 1 atom stereocenters. The lowest BCUT2D eigenvalue weighted by Gasteiger charge is -2.19. The summed E-state index contributed by atoms with van der Waals surface area (Å²) in [4.78, 5) is 2.33. The molecule has 0 aromatic rings. The van der Waals surface area contributed by atoms with Gasteiger partial charge in [0.15, 0.2) is 0 Å². The zero-order chi connectivity index (χ0) is 8.10. The molecule has 0 saturated carbocycles. The van der Waals surface area contributed by atoms with Crippen molar-refractivity contribution in [1.82, 2.24) is 4.90 Å². The molecule has 1 aliphatic rings. The predicted molar refractivity (Wildman–Crippen MR) is 45.0 cm³/mol. The molecule has 1 aliphatic heterocycles. The van der Waals surface area contributed by atoms with E-state index in [0.29, 0.717) is 12.5 Å². The van der Waals surface area contributed by atoms with Crippen molar-refractivity contribution >= 4 is 0 Å². The van der Waals surface area contributed by atoms with E-state index >= 15 is 0 Å². The third kappa shape index (κ3) is 2.06. The molecule has 0 aromatic heterocycles. The van der Waals surface area contributed by atoms with Gasteiger partial charge in [-0.1, -0.05) is 6.08 Å². The Labute approximate surface area is 68.1 Å². The lowest BCUT2D eigenvalue weighted by atomic mass is 10.2. The molecule has 2 heteroatoms. The SMILES string of the molecule is C=CCN1CCCC1CC#N. The van der Waals surface area contributed by atoms with Crippen LogP contribution in [0.4, 0.5) is 0 Å². The Balaban J connectivity index is 2.38. The molecule has 0 amide bonds. The van der Waals surface area contributed by atoms with Crippen molar-refractivity contribution in [3.63, 3.8) is 0 Å². The molecule has 1 rings (SSSR count). The van der Waals surface area contributed by atoms with Crippen molar-refractivity contribution in [3.8, 4) is 6.07 Å². The fourth-order valence-corrected chi connectivity index (χ4v) is 1.64. The third-order valence-electron chi connectivity index (χ3n) is 2.19. The van der Waals surface area contributed by atoms with Crippen LogP contribution in [-0.2, 0) is 0 Å². The van der Waals surface area contributed by atoms with Crippen molar-refractivity contribution in [2.45, 2.75) is 25.3 Å². The van der Waals surface area contributed by atoms with Crippen molar-refractivity contribution in [2.75, 3.05) is 13.1 Å². The van der Waals surface area contributed by atoms with Gasteiger partial charge in [0, 0.05) is 12.6 Å². The minimum atomic E-state index is 0.498. The van der Waals surface area contributed by atoms with Gasteiger partial charge in [-0.25, -0.2) is 0 Å². The van der Waals surface area contributed by atoms with Gasteiger partial charge in [0.2, 0.25) is 0 Å². The summed E-state index contributed by atoms with van der Waals surface area (Å²) in [5, 5.41) is 8.51. The van der Waals surface area contributed by atoms with E-state index in [0.717, 1.165) is 13.1 Å². The average Bonchev–Trinajstić information content (AvgIpc) is 2.39. The Hall–Kier alpha value is -0.810. The summed E-state index contributed by atoms with van der Waals surface area (Å²) in [7, 11) is 0. The molecule has 0 aliphatic carbocycles. The van der Waals surface area contributed by atoms with Gasteiger partial charge in [-0.05, 0) is 19.4 Å². The van der Waals surface area contributed by atoms with E-state index in [4.69, 9.17) is 5.26 Å². The summed E-state index contributed by atoms with van der Waals surface area (Å²) >= 11 is 0. The first-order valence-corrected chi connectivity index (χ1v) is 4.10. The van der Waals surface area contributed by atoms with Gasteiger partial charge in [0.05, 0.1) is 12.5 Å². The fraction of sp³-hybridized carbons (Fsp3) is 0.667. The van der Waals surface area contributed by atoms with Crippen molar-refractivity contribution in [1.29, 1.82) is 5.26 Å². The monoisotopic (exact) mass is 150 g/mol. The molecule has 11 heavy (non-hydrogen) atoms. The summed E-state index contributed by atoms with van der Waals surface area (Å²) in [6.07, 6.45) is 5.01. The topological polar surface area (TPSA) is 27.0 Å². The number of hydrogen-bond acceptors (Lipinski definition) is 2. The Morgan fingerprint density at radius 2 is 2.55 bits per heavy atom. The number of rotatable bonds is 3. The van der Waals surface area contributed by atoms with E-state index < -0.39 is 0 Å². The maximum absolute atomic E-state index is 8.51. The van der Waals surface area contributed by atoms with Gasteiger partial charge < -0.3 is 0 Å². The number of nitriles is 1. The lowest BCUT2D eigenvalue weighted by Crippen LogP contribution is -2.28. The molecule has 0 bridgehead atoms. The summed E-state index contributed by atoms with van der Waals surface area (Å²) in [5.41, 5.74) is 0. The largest absolute Gasteiger partial charge is 0.296 e. The molecular formula is C9H14N2. The van der Waals surface area contributed by atoms with Gasteiger partial charge in [-0.3, -0.25) is 4.90 Å². The molecule has 0 N–H and O–H groups in total. The van der Waals surface area contributed by atoms with E-state index in [1.54, 1.807) is 0 Å². The minimum absolute atomic E-state index is 0.498. The van der Waals surface area contributed by atoms with Gasteiger partial charge >= 0.3 is 0 Å². The maximum Gasteiger partial charge on any atom is 0.0638 e. The summed E-state index contributed by atoms with van der Waals surface area (Å²) in [5.74, 6) is 0. The van der Waals surface area contributed by atoms with Crippen LogP contribution in [0.15, 0.2) is 12.7 Å². The highest BCUT2D eigenvalue weighted by Gasteiger charge is 2.22. The Morgan fingerprint density at radius 1 is 1.73 bits per heavy atom. The van der Waals surface area contributed by atoms with E-state index in [9.17, 15) is 0 Å². The molecule has 0 radical (unpaired) electrons. The first-order valence-electron chi connectivity index (χ1n) is 4.10. The van der Waals surface area contributed by atoms with Crippen LogP contribution in [0.3, 0.4) is 0 Å². The van der Waals surface area contributed by atoms with E-state index in [2.05, 4.69) is 17.5 Å². The molecule has 1 saturated heterocycles. The second-order valence-electron chi connectivity index (χ2n) is 2.94. The fourth-order valence-electron chi connectivity index (χ4n) is 1.64. The molecule has 1 unspecified atom stereocenters. The molecule has 60 valence electrons. The maximum atomic E-state index is 8.51. The van der Waals surface area contributed by atoms with E-state index in [-0.39, 0.29) is 0 Å². The molecule has 2 nitrogen and oxygen atoms in total. The molecule has 1 fully saturated rings. The first-order chi connectivity index (χ1) is 5.38. The number of hydrogen-bond donors (Lipinski definition) is 0. The van der Waals surface area contributed by atoms with Crippen LogP contribution in [0.5, 0.6) is 0 Å². The standard InChI is InChI=1S/C9H14N2/c1-2-7-11-8-3-4-9(11)5-6-10/h2,9H,1,3-5,7-8H2. The highest BCUT2D eigenvalue weighted by molar-refractivity contribution is 4.89. The van der Waals surface area contributed by atoms with Crippen LogP contribution in [0.1, 0.15) is 19.3 Å². The molecule has 1 heterocycles. The van der Waals surface area contributed by atoms with Crippen molar-refractivity contribution in [2.24, 2.45) is 0 Å². The summed E-state index contributed by atoms with van der Waals surface area (Å²) in [6.45, 7) is 5.77. The van der Waals surface area contributed by atoms with Crippen molar-refractivity contribution in [3.05, 3.63) is 12.7 Å². The first kappa shape index (κ1) is 8.29. The van der Waals surface area contributed by atoms with Crippen LogP contribution in [0.25, 0.3) is 0 Å².